The van der Waals surface area contributed by atoms with Crippen LogP contribution >= 0.6 is 0 Å². The smallest absolute Gasteiger partial charge is 0.338 e. The molecule has 1 aliphatic rings. The number of anilines is 1. The molecule has 1 aliphatic heterocycles. The molecule has 10 nitrogen and oxygen atoms in total. The summed E-state index contributed by atoms with van der Waals surface area (Å²) < 4.78 is 6.79. The summed E-state index contributed by atoms with van der Waals surface area (Å²) in [5.74, 6) is -0.119. The van der Waals surface area contributed by atoms with Gasteiger partial charge in [-0.05, 0) is 48.9 Å². The molecule has 3 rings (SSSR count). The van der Waals surface area contributed by atoms with Crippen LogP contribution < -0.4 is 5.32 Å². The Labute approximate surface area is 142 Å². The Kier molecular flexibility index (Phi) is 4.17. The molecule has 1 atom stereocenters. The predicted octanol–water partition coefficient (Wildman–Crippen LogP) is 1.82. The van der Waals surface area contributed by atoms with Gasteiger partial charge in [0, 0.05) is 17.8 Å². The fraction of sp³-hybridized carbons (Fsp3) is 0.333. The van der Waals surface area contributed by atoms with Crippen LogP contribution in [0.5, 0.6) is 0 Å². The van der Waals surface area contributed by atoms with Gasteiger partial charge in [0.05, 0.1) is 16.6 Å². The summed E-state index contributed by atoms with van der Waals surface area (Å²) in [5, 5.41) is 25.3. The molecule has 0 fully saturated rings. The van der Waals surface area contributed by atoms with Crippen molar-refractivity contribution in [2.45, 2.75) is 32.9 Å². The van der Waals surface area contributed by atoms with Gasteiger partial charge in [-0.1, -0.05) is 5.10 Å². The van der Waals surface area contributed by atoms with Crippen LogP contribution in [0, 0.1) is 10.1 Å². The van der Waals surface area contributed by atoms with Crippen molar-refractivity contribution in [2.24, 2.45) is 0 Å². The zero-order chi connectivity index (χ0) is 18.1. The number of ether oxygens (including phenoxy) is 1. The van der Waals surface area contributed by atoms with Crippen LogP contribution in [0.4, 0.5) is 11.6 Å². The summed E-state index contributed by atoms with van der Waals surface area (Å²) in [6.45, 7) is 5.24. The lowest BCUT2D eigenvalue weighted by Gasteiger charge is -2.27. The molecule has 2 heterocycles. The summed E-state index contributed by atoms with van der Waals surface area (Å²) in [5.41, 5.74) is 1.51. The molecule has 0 saturated carbocycles. The van der Waals surface area contributed by atoms with Gasteiger partial charge in [0.25, 0.3) is 5.69 Å². The van der Waals surface area contributed by atoms with Crippen molar-refractivity contribution in [3.63, 3.8) is 0 Å². The zero-order valence-electron chi connectivity index (χ0n) is 13.8. The van der Waals surface area contributed by atoms with Gasteiger partial charge in [-0.3, -0.25) is 10.1 Å². The Morgan fingerprint density at radius 2 is 2.04 bits per heavy atom. The number of fused-ring (bicyclic) bond motifs is 1. The van der Waals surface area contributed by atoms with Crippen LogP contribution in [0.1, 0.15) is 32.4 Å². The van der Waals surface area contributed by atoms with E-state index in [0.717, 1.165) is 0 Å². The van der Waals surface area contributed by atoms with E-state index in [4.69, 9.17) is 4.74 Å². The maximum absolute atomic E-state index is 12.6. The molecule has 0 aliphatic carbocycles. The lowest BCUT2D eigenvalue weighted by molar-refractivity contribution is -0.384. The van der Waals surface area contributed by atoms with Crippen molar-refractivity contribution in [2.75, 3.05) is 5.32 Å². The van der Waals surface area contributed by atoms with Crippen molar-refractivity contribution >= 4 is 17.6 Å². The second-order valence-corrected chi connectivity index (χ2v) is 5.82. The number of rotatable bonds is 4. The minimum absolute atomic E-state index is 0.0402. The van der Waals surface area contributed by atoms with Crippen molar-refractivity contribution in [1.82, 2.24) is 20.2 Å². The van der Waals surface area contributed by atoms with Gasteiger partial charge in [-0.25, -0.2) is 4.79 Å². The van der Waals surface area contributed by atoms with Gasteiger partial charge in [-0.15, -0.1) is 0 Å². The molecule has 1 unspecified atom stereocenters. The van der Waals surface area contributed by atoms with E-state index in [1.807, 2.05) is 0 Å². The summed E-state index contributed by atoms with van der Waals surface area (Å²) in [7, 11) is 0. The van der Waals surface area contributed by atoms with Crippen LogP contribution in [0.25, 0.3) is 0 Å². The van der Waals surface area contributed by atoms with E-state index in [-0.39, 0.29) is 11.8 Å². The first-order valence-electron chi connectivity index (χ1n) is 7.59. The molecule has 0 spiro atoms. The molecule has 0 radical (unpaired) electrons. The van der Waals surface area contributed by atoms with E-state index in [1.54, 1.807) is 32.9 Å². The molecular formula is C15H16N6O4. The minimum Gasteiger partial charge on any atom is -0.459 e. The number of carbonyl (C=O) groups excluding carboxylic acids is 1. The van der Waals surface area contributed by atoms with Crippen LogP contribution in [-0.2, 0) is 9.53 Å². The number of tetrazole rings is 1. The quantitative estimate of drug-likeness (QED) is 0.506. The molecule has 0 saturated heterocycles. The third kappa shape index (κ3) is 3.05. The summed E-state index contributed by atoms with van der Waals surface area (Å²) in [6, 6.07) is 5.27. The van der Waals surface area contributed by atoms with E-state index in [9.17, 15) is 14.9 Å². The lowest BCUT2D eigenvalue weighted by atomic mass is 9.95. The number of nitrogens with one attached hydrogen (secondary N) is 1. The maximum atomic E-state index is 12.6. The number of carbonyl (C=O) groups is 1. The lowest BCUT2D eigenvalue weighted by Crippen LogP contribution is -2.30. The highest BCUT2D eigenvalue weighted by Gasteiger charge is 2.35. The Hall–Kier alpha value is -3.30. The molecule has 25 heavy (non-hydrogen) atoms. The van der Waals surface area contributed by atoms with E-state index in [2.05, 4.69) is 20.8 Å². The molecule has 1 N–H and O–H groups in total. The predicted molar refractivity (Wildman–Crippen MR) is 86.6 cm³/mol. The number of non-ortho nitro benzene ring substituents is 1. The van der Waals surface area contributed by atoms with Gasteiger partial charge in [0.2, 0.25) is 5.95 Å². The molecule has 2 aromatic rings. The van der Waals surface area contributed by atoms with Gasteiger partial charge >= 0.3 is 5.97 Å². The second kappa shape index (κ2) is 6.30. The molecule has 0 bridgehead atoms. The number of benzene rings is 1. The first-order valence-corrected chi connectivity index (χ1v) is 7.59. The monoisotopic (exact) mass is 344 g/mol. The highest BCUT2D eigenvalue weighted by atomic mass is 16.6. The normalized spacial score (nSPS) is 16.4. The van der Waals surface area contributed by atoms with Crippen molar-refractivity contribution in [3.05, 3.63) is 51.2 Å². The number of nitro benzene ring substituents is 1. The Balaban J connectivity index is 2.08. The van der Waals surface area contributed by atoms with Crippen LogP contribution in [-0.4, -0.2) is 37.2 Å². The van der Waals surface area contributed by atoms with E-state index < -0.39 is 16.9 Å². The topological polar surface area (TPSA) is 125 Å². The number of nitrogens with zero attached hydrogens (tertiary/aromatic N) is 5. The van der Waals surface area contributed by atoms with Crippen LogP contribution in [0.3, 0.4) is 0 Å². The number of hydrogen-bond acceptors (Lipinski definition) is 8. The Morgan fingerprint density at radius 3 is 2.64 bits per heavy atom. The van der Waals surface area contributed by atoms with E-state index >= 15 is 0 Å². The third-order valence-corrected chi connectivity index (χ3v) is 3.70. The van der Waals surface area contributed by atoms with Crippen molar-refractivity contribution in [3.8, 4) is 0 Å². The molecule has 130 valence electrons. The Bertz CT molecular complexity index is 855. The van der Waals surface area contributed by atoms with E-state index in [1.165, 1.54) is 16.8 Å². The number of nitro groups is 1. The zero-order valence-corrected chi connectivity index (χ0v) is 13.8. The summed E-state index contributed by atoms with van der Waals surface area (Å²) >= 11 is 0. The fourth-order valence-corrected chi connectivity index (χ4v) is 2.64. The fourth-order valence-electron chi connectivity index (χ4n) is 2.64. The van der Waals surface area contributed by atoms with Gasteiger partial charge in [-0.2, -0.15) is 4.68 Å². The van der Waals surface area contributed by atoms with Crippen LogP contribution in [0.15, 0.2) is 35.5 Å². The average Bonchev–Trinajstić information content (AvgIpc) is 3.00. The minimum atomic E-state index is -0.640. The molecule has 1 aromatic heterocycles. The third-order valence-electron chi connectivity index (χ3n) is 3.70. The van der Waals surface area contributed by atoms with E-state index in [0.29, 0.717) is 22.8 Å². The average molecular weight is 344 g/mol. The molecular weight excluding hydrogens is 328 g/mol. The molecule has 10 heteroatoms. The van der Waals surface area contributed by atoms with Crippen LogP contribution in [0.2, 0.25) is 0 Å². The molecule has 1 aromatic carbocycles. The standard InChI is InChI=1S/C15H16N6O4/c1-8(2)25-14(22)12-9(3)16-15-17-18-19-20(15)13(12)10-4-6-11(7-5-10)21(23)24/h4-8,13H,1-3H3,(H,16,17,19). The number of esters is 1. The number of hydrogen-bond donors (Lipinski definition) is 1. The highest BCUT2D eigenvalue weighted by Crippen LogP contribution is 2.35. The van der Waals surface area contributed by atoms with Crippen molar-refractivity contribution < 1.29 is 14.5 Å². The first kappa shape index (κ1) is 16.6. The van der Waals surface area contributed by atoms with Gasteiger partial charge in [0.1, 0.15) is 6.04 Å². The summed E-state index contributed by atoms with van der Waals surface area (Å²) in [6.07, 6.45) is -0.291. The molecule has 0 amide bonds. The Morgan fingerprint density at radius 1 is 1.36 bits per heavy atom. The van der Waals surface area contributed by atoms with Crippen molar-refractivity contribution in [1.29, 1.82) is 0 Å². The largest absolute Gasteiger partial charge is 0.459 e. The first-order chi connectivity index (χ1) is 11.9. The highest BCUT2D eigenvalue weighted by molar-refractivity contribution is 5.92. The van der Waals surface area contributed by atoms with Gasteiger partial charge in [0.15, 0.2) is 0 Å². The second-order valence-electron chi connectivity index (χ2n) is 5.82. The maximum Gasteiger partial charge on any atom is 0.338 e. The number of allylic oxidation sites excluding steroid dienone is 1. The van der Waals surface area contributed by atoms with Gasteiger partial charge < -0.3 is 10.1 Å². The number of aromatic nitrogens is 4. The SMILES string of the molecule is CC1=C(C(=O)OC(C)C)C(c2ccc([N+](=O)[O-])cc2)n2nnnc2N1. The summed E-state index contributed by atoms with van der Waals surface area (Å²) in [4.78, 5) is 23.0.